The highest BCUT2D eigenvalue weighted by atomic mass is 16.9. The van der Waals surface area contributed by atoms with Crippen molar-refractivity contribution in [2.75, 3.05) is 18.4 Å². The third-order valence-corrected chi connectivity index (χ3v) is 1.74. The van der Waals surface area contributed by atoms with Crippen LogP contribution in [0.3, 0.4) is 0 Å². The smallest absolute Gasteiger partial charge is 0.0947 e. The van der Waals surface area contributed by atoms with E-state index in [1.807, 2.05) is 38.1 Å². The van der Waals surface area contributed by atoms with Gasteiger partial charge in [0.05, 0.1) is 18.9 Å². The number of benzene rings is 1. The maximum absolute atomic E-state index is 5.32. The zero-order chi connectivity index (χ0) is 10.4. The fourth-order valence-corrected chi connectivity index (χ4v) is 1.09. The minimum Gasteiger partial charge on any atom is -0.249 e. The molecule has 0 amide bonds. The molecule has 0 aliphatic rings. The summed E-state index contributed by atoms with van der Waals surface area (Å²) in [5.74, 6) is 0. The molecule has 0 N–H and O–H groups in total. The summed E-state index contributed by atoms with van der Waals surface area (Å²) in [6.07, 6.45) is 0. The van der Waals surface area contributed by atoms with E-state index in [4.69, 9.17) is 9.68 Å². The Hall–Kier alpha value is -1.06. The Kier molecular flexibility index (Phi) is 4.43. The summed E-state index contributed by atoms with van der Waals surface area (Å²) in [4.78, 5) is 10.6. The zero-order valence-electron chi connectivity index (χ0n) is 8.99. The molecular weight excluding hydrogens is 178 g/mol. The Labute approximate surface area is 85.2 Å². The molecule has 0 saturated heterocycles. The highest BCUT2D eigenvalue weighted by Crippen LogP contribution is 2.15. The summed E-state index contributed by atoms with van der Waals surface area (Å²) in [6, 6.07) is 8.00. The summed E-state index contributed by atoms with van der Waals surface area (Å²) in [5.41, 5.74) is 2.14. The van der Waals surface area contributed by atoms with Crippen LogP contribution in [-0.4, -0.2) is 13.2 Å². The summed E-state index contributed by atoms with van der Waals surface area (Å²) < 4.78 is 0. The Morgan fingerprint density at radius 1 is 1.00 bits per heavy atom. The van der Waals surface area contributed by atoms with Gasteiger partial charge in [-0.05, 0) is 32.9 Å². The van der Waals surface area contributed by atoms with Crippen LogP contribution in [0.1, 0.15) is 19.4 Å². The minimum atomic E-state index is 0.591. The van der Waals surface area contributed by atoms with Crippen molar-refractivity contribution in [1.29, 1.82) is 0 Å². The number of hydrogen-bond acceptors (Lipinski definition) is 3. The molecule has 1 aromatic rings. The molecular formula is C11H17NO2. The maximum Gasteiger partial charge on any atom is 0.0947 e. The molecule has 1 aromatic carbocycles. The van der Waals surface area contributed by atoms with Crippen LogP contribution < -0.4 is 5.23 Å². The fourth-order valence-electron chi connectivity index (χ4n) is 1.09. The van der Waals surface area contributed by atoms with Crippen molar-refractivity contribution in [3.8, 4) is 0 Å². The lowest BCUT2D eigenvalue weighted by Crippen LogP contribution is -2.23. The maximum atomic E-state index is 5.32. The first-order valence-electron chi connectivity index (χ1n) is 4.90. The molecule has 78 valence electrons. The fraction of sp³-hybridized carbons (Fsp3) is 0.455. The van der Waals surface area contributed by atoms with Crippen molar-refractivity contribution < 1.29 is 9.68 Å². The van der Waals surface area contributed by atoms with Gasteiger partial charge >= 0.3 is 0 Å². The van der Waals surface area contributed by atoms with Crippen LogP contribution in [-0.2, 0) is 9.68 Å². The molecule has 1 rings (SSSR count). The van der Waals surface area contributed by atoms with Gasteiger partial charge in [-0.3, -0.25) is 0 Å². The molecule has 3 nitrogen and oxygen atoms in total. The number of rotatable bonds is 5. The van der Waals surface area contributed by atoms with Crippen molar-refractivity contribution in [3.05, 3.63) is 29.8 Å². The van der Waals surface area contributed by atoms with E-state index in [-0.39, 0.29) is 0 Å². The molecule has 0 aliphatic heterocycles. The van der Waals surface area contributed by atoms with E-state index in [2.05, 4.69) is 6.92 Å². The average molecular weight is 195 g/mol. The topological polar surface area (TPSA) is 21.7 Å². The second-order valence-corrected chi connectivity index (χ2v) is 2.93. The van der Waals surface area contributed by atoms with E-state index < -0.39 is 0 Å². The minimum absolute atomic E-state index is 0.591. The predicted octanol–water partition coefficient (Wildman–Crippen LogP) is 2.70. The number of nitrogens with zero attached hydrogens (tertiary/aromatic N) is 1. The first kappa shape index (κ1) is 11.0. The van der Waals surface area contributed by atoms with Gasteiger partial charge in [0.1, 0.15) is 0 Å². The van der Waals surface area contributed by atoms with E-state index in [9.17, 15) is 0 Å². The Bertz CT molecular complexity index is 252. The molecule has 0 saturated carbocycles. The van der Waals surface area contributed by atoms with Gasteiger partial charge in [-0.2, -0.15) is 0 Å². The molecule has 0 aliphatic carbocycles. The van der Waals surface area contributed by atoms with Crippen LogP contribution in [0.5, 0.6) is 0 Å². The van der Waals surface area contributed by atoms with Gasteiger partial charge < -0.3 is 0 Å². The Balaban J connectivity index is 2.71. The van der Waals surface area contributed by atoms with Crippen molar-refractivity contribution in [3.63, 3.8) is 0 Å². The Morgan fingerprint density at radius 2 is 1.50 bits per heavy atom. The van der Waals surface area contributed by atoms with Crippen LogP contribution in [0, 0.1) is 6.92 Å². The molecule has 0 bridgehead atoms. The van der Waals surface area contributed by atoms with Gasteiger partial charge in [-0.25, -0.2) is 9.68 Å². The molecule has 3 heteroatoms. The average Bonchev–Trinajstić information content (AvgIpc) is 2.19. The van der Waals surface area contributed by atoms with Crippen LogP contribution in [0.4, 0.5) is 5.69 Å². The quantitative estimate of drug-likeness (QED) is 0.674. The lowest BCUT2D eigenvalue weighted by Gasteiger charge is -2.21. The first-order chi connectivity index (χ1) is 6.77. The molecule has 0 unspecified atom stereocenters. The molecule has 0 aromatic heterocycles. The van der Waals surface area contributed by atoms with Gasteiger partial charge in [0.2, 0.25) is 0 Å². The van der Waals surface area contributed by atoms with Crippen molar-refractivity contribution in [1.82, 2.24) is 0 Å². The summed E-state index contributed by atoms with van der Waals surface area (Å²) >= 11 is 0. The van der Waals surface area contributed by atoms with Crippen molar-refractivity contribution in [2.45, 2.75) is 20.8 Å². The zero-order valence-corrected chi connectivity index (χ0v) is 8.99. The summed E-state index contributed by atoms with van der Waals surface area (Å²) in [7, 11) is 0. The van der Waals surface area contributed by atoms with E-state index in [1.54, 1.807) is 0 Å². The normalized spacial score (nSPS) is 10.2. The van der Waals surface area contributed by atoms with Gasteiger partial charge in [-0.15, -0.1) is 5.23 Å². The van der Waals surface area contributed by atoms with Crippen LogP contribution in [0.25, 0.3) is 0 Å². The van der Waals surface area contributed by atoms with Crippen LogP contribution in [0.15, 0.2) is 24.3 Å². The van der Waals surface area contributed by atoms with E-state index in [0.29, 0.717) is 13.2 Å². The second-order valence-electron chi connectivity index (χ2n) is 2.93. The Morgan fingerprint density at radius 3 is 1.93 bits per heavy atom. The summed E-state index contributed by atoms with van der Waals surface area (Å²) in [6.45, 7) is 7.09. The molecule has 0 radical (unpaired) electrons. The standard InChI is InChI=1S/C11H17NO2/c1-4-13-12(14-5-2)11-8-6-10(3)7-9-11/h6-9H,4-5H2,1-3H3. The monoisotopic (exact) mass is 195 g/mol. The SMILES string of the molecule is CCON(OCC)c1ccc(C)cc1. The van der Waals surface area contributed by atoms with Gasteiger partial charge in [-0.1, -0.05) is 17.7 Å². The lowest BCUT2D eigenvalue weighted by molar-refractivity contribution is -0.0817. The van der Waals surface area contributed by atoms with Gasteiger partial charge in [0.15, 0.2) is 0 Å². The van der Waals surface area contributed by atoms with Gasteiger partial charge in [0.25, 0.3) is 0 Å². The molecule has 0 heterocycles. The van der Waals surface area contributed by atoms with Crippen molar-refractivity contribution >= 4 is 5.69 Å². The highest BCUT2D eigenvalue weighted by Gasteiger charge is 2.05. The predicted molar refractivity (Wildman–Crippen MR) is 56.9 cm³/mol. The first-order valence-corrected chi connectivity index (χ1v) is 4.90. The van der Waals surface area contributed by atoms with E-state index in [0.717, 1.165) is 5.69 Å². The van der Waals surface area contributed by atoms with Crippen LogP contribution >= 0.6 is 0 Å². The molecule has 14 heavy (non-hydrogen) atoms. The second kappa shape index (κ2) is 5.62. The third-order valence-electron chi connectivity index (χ3n) is 1.74. The lowest BCUT2D eigenvalue weighted by atomic mass is 10.2. The number of aryl methyl sites for hydroxylation is 1. The van der Waals surface area contributed by atoms with Gasteiger partial charge in [0, 0.05) is 0 Å². The van der Waals surface area contributed by atoms with E-state index in [1.165, 1.54) is 10.8 Å². The summed E-state index contributed by atoms with van der Waals surface area (Å²) in [5, 5.41) is 1.46. The molecule has 0 spiro atoms. The van der Waals surface area contributed by atoms with E-state index >= 15 is 0 Å². The third kappa shape index (κ3) is 3.01. The molecule has 0 fully saturated rings. The highest BCUT2D eigenvalue weighted by molar-refractivity contribution is 5.42. The van der Waals surface area contributed by atoms with Crippen LogP contribution in [0.2, 0.25) is 0 Å². The number of hydrogen-bond donors (Lipinski definition) is 0. The van der Waals surface area contributed by atoms with Crippen molar-refractivity contribution in [2.24, 2.45) is 0 Å². The number of anilines is 1. The largest absolute Gasteiger partial charge is 0.249 e. The molecule has 0 atom stereocenters.